The second-order valence-corrected chi connectivity index (χ2v) is 7.91. The number of hydrogen-bond donors (Lipinski definition) is 2. The number of benzene rings is 1. The molecule has 7 nitrogen and oxygen atoms in total. The second kappa shape index (κ2) is 9.76. The minimum absolute atomic E-state index is 0.162. The predicted molar refractivity (Wildman–Crippen MR) is 121 cm³/mol. The van der Waals surface area contributed by atoms with E-state index >= 15 is 0 Å². The Bertz CT molecular complexity index is 949. The van der Waals surface area contributed by atoms with Crippen LogP contribution in [0.15, 0.2) is 47.6 Å². The number of rotatable bonds is 6. The molecule has 1 aromatic carbocycles. The molecule has 1 atom stereocenters. The number of carbonyl (C=O) groups excluding carboxylic acids is 1. The van der Waals surface area contributed by atoms with Gasteiger partial charge in [-0.2, -0.15) is 0 Å². The summed E-state index contributed by atoms with van der Waals surface area (Å²) < 4.78 is 14.0. The molecule has 31 heavy (non-hydrogen) atoms. The van der Waals surface area contributed by atoms with Crippen LogP contribution in [0.3, 0.4) is 0 Å². The molecule has 2 aromatic rings. The highest BCUT2D eigenvalue weighted by Gasteiger charge is 2.26. The van der Waals surface area contributed by atoms with Gasteiger partial charge in [-0.25, -0.2) is 9.37 Å². The summed E-state index contributed by atoms with van der Waals surface area (Å²) in [7, 11) is 1.73. The molecule has 1 aromatic heterocycles. The van der Waals surface area contributed by atoms with Crippen LogP contribution in [0.2, 0.25) is 0 Å². The number of nitrogens with one attached hydrogen (secondary N) is 2. The number of nitrogens with zero attached hydrogens (tertiary/aromatic N) is 4. The van der Waals surface area contributed by atoms with E-state index < -0.39 is 0 Å². The summed E-state index contributed by atoms with van der Waals surface area (Å²) in [6.45, 7) is 2.84. The number of guanidine groups is 1. The Morgan fingerprint density at radius 2 is 2.13 bits per heavy atom. The fraction of sp³-hybridized carbons (Fsp3) is 0.435. The molecule has 1 amide bonds. The van der Waals surface area contributed by atoms with Gasteiger partial charge in [0.1, 0.15) is 0 Å². The monoisotopic (exact) mass is 424 g/mol. The van der Waals surface area contributed by atoms with Gasteiger partial charge in [-0.15, -0.1) is 0 Å². The van der Waals surface area contributed by atoms with Crippen LogP contribution in [-0.2, 0) is 11.2 Å². The first-order valence-electron chi connectivity index (χ1n) is 10.9. The highest BCUT2D eigenvalue weighted by atomic mass is 19.1. The van der Waals surface area contributed by atoms with E-state index in [0.29, 0.717) is 31.3 Å². The fourth-order valence-electron chi connectivity index (χ4n) is 4.25. The Balaban J connectivity index is 1.19. The molecule has 0 spiro atoms. The van der Waals surface area contributed by atoms with Gasteiger partial charge in [0, 0.05) is 57.6 Å². The molecule has 2 aliphatic heterocycles. The third kappa shape index (κ3) is 4.95. The van der Waals surface area contributed by atoms with E-state index in [0.717, 1.165) is 38.0 Å². The summed E-state index contributed by atoms with van der Waals surface area (Å²) in [4.78, 5) is 24.9. The van der Waals surface area contributed by atoms with Gasteiger partial charge in [0.2, 0.25) is 5.91 Å². The number of amides is 1. The Hall–Kier alpha value is -3.16. The summed E-state index contributed by atoms with van der Waals surface area (Å²) in [6.07, 6.45) is 4.64. The topological polar surface area (TPSA) is 72.9 Å². The SMILES string of the molecule is CN=C(NCCCC(=O)N1CCc2ccccc21)NC1CCN(c2ncccc2F)C1. The average molecular weight is 425 g/mol. The summed E-state index contributed by atoms with van der Waals surface area (Å²) in [5.41, 5.74) is 2.29. The summed E-state index contributed by atoms with van der Waals surface area (Å²) >= 11 is 0. The van der Waals surface area contributed by atoms with Gasteiger partial charge in [-0.3, -0.25) is 9.79 Å². The van der Waals surface area contributed by atoms with Crippen molar-refractivity contribution in [2.45, 2.75) is 31.7 Å². The first-order chi connectivity index (χ1) is 15.2. The van der Waals surface area contributed by atoms with Gasteiger partial charge >= 0.3 is 0 Å². The van der Waals surface area contributed by atoms with Crippen LogP contribution in [-0.4, -0.2) is 56.1 Å². The van der Waals surface area contributed by atoms with Crippen molar-refractivity contribution in [3.8, 4) is 0 Å². The van der Waals surface area contributed by atoms with Gasteiger partial charge in [0.15, 0.2) is 17.6 Å². The van der Waals surface area contributed by atoms with Crippen LogP contribution < -0.4 is 20.4 Å². The van der Waals surface area contributed by atoms with Crippen molar-refractivity contribution in [3.05, 3.63) is 54.0 Å². The molecule has 0 aliphatic carbocycles. The highest BCUT2D eigenvalue weighted by Crippen LogP contribution is 2.28. The molecular weight excluding hydrogens is 395 g/mol. The van der Waals surface area contributed by atoms with E-state index in [1.807, 2.05) is 28.0 Å². The Morgan fingerprint density at radius 1 is 1.26 bits per heavy atom. The van der Waals surface area contributed by atoms with Crippen molar-refractivity contribution in [3.63, 3.8) is 0 Å². The fourth-order valence-corrected chi connectivity index (χ4v) is 4.25. The summed E-state index contributed by atoms with van der Waals surface area (Å²) in [5.74, 6) is 0.971. The van der Waals surface area contributed by atoms with Crippen molar-refractivity contribution in [2.24, 2.45) is 4.99 Å². The zero-order chi connectivity index (χ0) is 21.6. The molecule has 2 N–H and O–H groups in total. The van der Waals surface area contributed by atoms with E-state index in [1.54, 1.807) is 19.3 Å². The average Bonchev–Trinajstić information content (AvgIpc) is 3.43. The van der Waals surface area contributed by atoms with E-state index in [-0.39, 0.29) is 17.8 Å². The molecule has 0 bridgehead atoms. The van der Waals surface area contributed by atoms with Gasteiger partial charge in [-0.1, -0.05) is 18.2 Å². The van der Waals surface area contributed by atoms with Crippen LogP contribution in [0.5, 0.6) is 0 Å². The van der Waals surface area contributed by atoms with Crippen molar-refractivity contribution >= 4 is 23.4 Å². The molecule has 0 radical (unpaired) electrons. The van der Waals surface area contributed by atoms with Gasteiger partial charge in [0.05, 0.1) is 0 Å². The summed E-state index contributed by atoms with van der Waals surface area (Å²) in [5, 5.41) is 6.68. The minimum Gasteiger partial charge on any atom is -0.356 e. The quantitative estimate of drug-likeness (QED) is 0.423. The van der Waals surface area contributed by atoms with E-state index in [4.69, 9.17) is 0 Å². The molecule has 8 heteroatoms. The van der Waals surface area contributed by atoms with E-state index in [9.17, 15) is 9.18 Å². The third-order valence-electron chi connectivity index (χ3n) is 5.84. The lowest BCUT2D eigenvalue weighted by Crippen LogP contribution is -2.45. The van der Waals surface area contributed by atoms with Crippen molar-refractivity contribution in [1.82, 2.24) is 15.6 Å². The van der Waals surface area contributed by atoms with Crippen LogP contribution in [0, 0.1) is 5.82 Å². The van der Waals surface area contributed by atoms with Crippen LogP contribution >= 0.6 is 0 Å². The molecule has 1 unspecified atom stereocenters. The number of carbonyl (C=O) groups is 1. The van der Waals surface area contributed by atoms with Crippen LogP contribution in [0.4, 0.5) is 15.9 Å². The number of halogens is 1. The molecular formula is C23H29FN6O. The Morgan fingerprint density at radius 3 is 2.97 bits per heavy atom. The lowest BCUT2D eigenvalue weighted by atomic mass is 10.2. The molecule has 164 valence electrons. The predicted octanol–water partition coefficient (Wildman–Crippen LogP) is 2.33. The minimum atomic E-state index is -0.295. The standard InChI is InChI=1S/C23H29FN6O/c1-25-23(28-18-11-14-29(16-18)22-19(24)7-4-12-26-22)27-13-5-9-21(31)30-15-10-17-6-2-3-8-20(17)30/h2-4,6-8,12,18H,5,9-11,13-16H2,1H3,(H2,25,27,28). The van der Waals surface area contributed by atoms with Crippen LogP contribution in [0.1, 0.15) is 24.8 Å². The first-order valence-corrected chi connectivity index (χ1v) is 10.9. The van der Waals surface area contributed by atoms with Crippen LogP contribution in [0.25, 0.3) is 0 Å². The molecule has 1 fully saturated rings. The zero-order valence-electron chi connectivity index (χ0n) is 17.9. The van der Waals surface area contributed by atoms with Gasteiger partial charge in [-0.05, 0) is 43.0 Å². The number of pyridine rings is 1. The second-order valence-electron chi connectivity index (χ2n) is 7.91. The number of aliphatic imine (C=N–C) groups is 1. The van der Waals surface area contributed by atoms with Crippen molar-refractivity contribution in [1.29, 1.82) is 0 Å². The maximum atomic E-state index is 14.0. The molecule has 3 heterocycles. The van der Waals surface area contributed by atoms with E-state index in [2.05, 4.69) is 26.7 Å². The first kappa shape index (κ1) is 21.1. The number of aromatic nitrogens is 1. The van der Waals surface area contributed by atoms with E-state index in [1.165, 1.54) is 11.6 Å². The lowest BCUT2D eigenvalue weighted by molar-refractivity contribution is -0.118. The normalized spacial score (nSPS) is 18.3. The number of para-hydroxylation sites is 1. The molecule has 0 saturated carbocycles. The smallest absolute Gasteiger partial charge is 0.227 e. The number of hydrogen-bond acceptors (Lipinski definition) is 4. The van der Waals surface area contributed by atoms with Gasteiger partial charge in [0.25, 0.3) is 0 Å². The van der Waals surface area contributed by atoms with Gasteiger partial charge < -0.3 is 20.4 Å². The molecule has 4 rings (SSSR count). The number of fused-ring (bicyclic) bond motifs is 1. The molecule has 1 saturated heterocycles. The number of anilines is 2. The summed E-state index contributed by atoms with van der Waals surface area (Å²) in [6, 6.07) is 11.3. The largest absolute Gasteiger partial charge is 0.356 e. The zero-order valence-corrected chi connectivity index (χ0v) is 17.9. The van der Waals surface area contributed by atoms with Crippen molar-refractivity contribution < 1.29 is 9.18 Å². The maximum Gasteiger partial charge on any atom is 0.227 e. The Kier molecular flexibility index (Phi) is 6.64. The highest BCUT2D eigenvalue weighted by molar-refractivity contribution is 5.95. The molecule has 2 aliphatic rings. The maximum absolute atomic E-state index is 14.0. The van der Waals surface area contributed by atoms with Crippen molar-refractivity contribution in [2.75, 3.05) is 43.0 Å². The third-order valence-corrected chi connectivity index (χ3v) is 5.84. The Labute approximate surface area is 182 Å². The lowest BCUT2D eigenvalue weighted by Gasteiger charge is -2.20.